The first-order valence-corrected chi connectivity index (χ1v) is 7.58. The van der Waals surface area contributed by atoms with E-state index < -0.39 is 0 Å². The van der Waals surface area contributed by atoms with Crippen molar-refractivity contribution >= 4 is 41.5 Å². The van der Waals surface area contributed by atoms with Crippen LogP contribution < -0.4 is 15.8 Å². The SMILES string of the molecule is I.NC(=NCc1cc(Cl)cc2c1OCC2)NCC1CCC1. The van der Waals surface area contributed by atoms with Gasteiger partial charge in [-0.25, -0.2) is 4.99 Å². The Morgan fingerprint density at radius 2 is 2.24 bits per heavy atom. The van der Waals surface area contributed by atoms with Gasteiger partial charge in [0.05, 0.1) is 13.2 Å². The minimum absolute atomic E-state index is 0. The second kappa shape index (κ2) is 7.54. The van der Waals surface area contributed by atoms with E-state index in [1.54, 1.807) is 0 Å². The second-order valence-corrected chi connectivity index (χ2v) is 5.97. The highest BCUT2D eigenvalue weighted by Crippen LogP contribution is 2.33. The van der Waals surface area contributed by atoms with Crippen LogP contribution in [0.3, 0.4) is 0 Å². The number of aliphatic imine (C=N–C) groups is 1. The Morgan fingerprint density at radius 3 is 2.95 bits per heavy atom. The molecule has 0 aromatic heterocycles. The normalized spacial score (nSPS) is 17.5. The molecule has 0 atom stereocenters. The van der Waals surface area contributed by atoms with Crippen molar-refractivity contribution in [3.63, 3.8) is 0 Å². The summed E-state index contributed by atoms with van der Waals surface area (Å²) in [6, 6.07) is 3.88. The van der Waals surface area contributed by atoms with Crippen molar-refractivity contribution in [3.05, 3.63) is 28.3 Å². The molecule has 1 aromatic rings. The highest BCUT2D eigenvalue weighted by molar-refractivity contribution is 14.0. The molecule has 0 spiro atoms. The number of ether oxygens (including phenoxy) is 1. The quantitative estimate of drug-likeness (QED) is 0.446. The van der Waals surface area contributed by atoms with Crippen molar-refractivity contribution in [1.82, 2.24) is 5.32 Å². The van der Waals surface area contributed by atoms with Crippen LogP contribution >= 0.6 is 35.6 Å². The van der Waals surface area contributed by atoms with Gasteiger partial charge in [0.15, 0.2) is 5.96 Å². The van der Waals surface area contributed by atoms with Crippen LogP contribution in [0.15, 0.2) is 17.1 Å². The van der Waals surface area contributed by atoms with Crippen molar-refractivity contribution in [2.24, 2.45) is 16.6 Å². The van der Waals surface area contributed by atoms with Gasteiger partial charge in [-0.2, -0.15) is 0 Å². The van der Waals surface area contributed by atoms with Crippen molar-refractivity contribution in [2.45, 2.75) is 32.2 Å². The number of fused-ring (bicyclic) bond motifs is 1. The average Bonchev–Trinajstić information content (AvgIpc) is 2.82. The zero-order valence-electron chi connectivity index (χ0n) is 11.9. The van der Waals surface area contributed by atoms with Crippen LogP contribution in [0.1, 0.15) is 30.4 Å². The van der Waals surface area contributed by atoms with Gasteiger partial charge >= 0.3 is 0 Å². The lowest BCUT2D eigenvalue weighted by Gasteiger charge is -2.25. The minimum atomic E-state index is 0. The van der Waals surface area contributed by atoms with Gasteiger partial charge in [0.25, 0.3) is 0 Å². The topological polar surface area (TPSA) is 59.6 Å². The van der Waals surface area contributed by atoms with E-state index in [1.807, 2.05) is 12.1 Å². The van der Waals surface area contributed by atoms with Crippen molar-refractivity contribution in [2.75, 3.05) is 13.2 Å². The van der Waals surface area contributed by atoms with E-state index in [-0.39, 0.29) is 24.0 Å². The van der Waals surface area contributed by atoms with Gasteiger partial charge in [-0.05, 0) is 36.5 Å². The Labute approximate surface area is 147 Å². The zero-order chi connectivity index (χ0) is 13.9. The number of benzene rings is 1. The molecule has 1 aliphatic heterocycles. The number of guanidine groups is 1. The Bertz CT molecular complexity index is 532. The van der Waals surface area contributed by atoms with Crippen LogP contribution in [0.5, 0.6) is 5.75 Å². The Hall–Kier alpha value is -0.690. The van der Waals surface area contributed by atoms with E-state index in [1.165, 1.54) is 24.8 Å². The van der Waals surface area contributed by atoms with E-state index in [9.17, 15) is 0 Å². The molecule has 3 N–H and O–H groups in total. The van der Waals surface area contributed by atoms with Gasteiger partial charge in [0, 0.05) is 23.6 Å². The lowest BCUT2D eigenvalue weighted by molar-refractivity contribution is 0.315. The third-order valence-electron chi connectivity index (χ3n) is 4.04. The fraction of sp³-hybridized carbons (Fsp3) is 0.533. The third kappa shape index (κ3) is 4.16. The van der Waals surface area contributed by atoms with E-state index in [2.05, 4.69) is 10.3 Å². The van der Waals surface area contributed by atoms with Gasteiger partial charge in [-0.3, -0.25) is 0 Å². The molecule has 0 radical (unpaired) electrons. The summed E-state index contributed by atoms with van der Waals surface area (Å²) in [5.41, 5.74) is 8.08. The molecule has 1 fully saturated rings. The monoisotopic (exact) mass is 421 g/mol. The van der Waals surface area contributed by atoms with Crippen molar-refractivity contribution < 1.29 is 4.74 Å². The first-order valence-electron chi connectivity index (χ1n) is 7.20. The number of hydrogen-bond acceptors (Lipinski definition) is 2. The van der Waals surface area contributed by atoms with Crippen LogP contribution in [0.25, 0.3) is 0 Å². The fourth-order valence-corrected chi connectivity index (χ4v) is 2.90. The van der Waals surface area contributed by atoms with Crippen LogP contribution in [0, 0.1) is 5.92 Å². The van der Waals surface area contributed by atoms with Gasteiger partial charge < -0.3 is 15.8 Å². The maximum atomic E-state index is 6.12. The molecule has 0 bridgehead atoms. The molecule has 4 nitrogen and oxygen atoms in total. The molecule has 2 aliphatic rings. The molecule has 3 rings (SSSR count). The number of halogens is 2. The highest BCUT2D eigenvalue weighted by atomic mass is 127. The van der Waals surface area contributed by atoms with Crippen LogP contribution in [-0.4, -0.2) is 19.1 Å². The van der Waals surface area contributed by atoms with E-state index in [0.717, 1.165) is 41.8 Å². The Morgan fingerprint density at radius 1 is 1.43 bits per heavy atom. The largest absolute Gasteiger partial charge is 0.493 e. The molecule has 1 aromatic carbocycles. The first-order chi connectivity index (χ1) is 9.72. The maximum Gasteiger partial charge on any atom is 0.188 e. The summed E-state index contributed by atoms with van der Waals surface area (Å²) in [7, 11) is 0. The Balaban J connectivity index is 0.00000161. The average molecular weight is 422 g/mol. The standard InChI is InChI=1S/C15H20ClN3O.HI/c16-13-6-11-4-5-20-14(11)12(7-13)9-19-15(17)18-8-10-2-1-3-10;/h6-7,10H,1-5,8-9H2,(H3,17,18,19);1H. The molecular weight excluding hydrogens is 401 g/mol. The van der Waals surface area contributed by atoms with Crippen molar-refractivity contribution in [3.8, 4) is 5.75 Å². The number of nitrogens with one attached hydrogen (secondary N) is 1. The summed E-state index contributed by atoms with van der Waals surface area (Å²) in [5, 5.41) is 3.93. The van der Waals surface area contributed by atoms with Gasteiger partial charge in [-0.15, -0.1) is 24.0 Å². The smallest absolute Gasteiger partial charge is 0.188 e. The molecule has 116 valence electrons. The lowest BCUT2D eigenvalue weighted by atomic mass is 9.85. The summed E-state index contributed by atoms with van der Waals surface area (Å²) < 4.78 is 5.65. The number of nitrogens with zero attached hydrogens (tertiary/aromatic N) is 1. The van der Waals surface area contributed by atoms with E-state index in [0.29, 0.717) is 12.5 Å². The van der Waals surface area contributed by atoms with Gasteiger partial charge in [0.2, 0.25) is 0 Å². The first kappa shape index (κ1) is 16.7. The molecule has 0 unspecified atom stereocenters. The predicted octanol–water partition coefficient (Wildman–Crippen LogP) is 3.10. The molecular formula is C15H21ClIN3O. The number of rotatable bonds is 4. The molecule has 0 amide bonds. The van der Waals surface area contributed by atoms with Crippen LogP contribution in [-0.2, 0) is 13.0 Å². The molecule has 0 saturated heterocycles. The number of hydrogen-bond donors (Lipinski definition) is 2. The molecule has 6 heteroatoms. The van der Waals surface area contributed by atoms with Crippen LogP contribution in [0.4, 0.5) is 0 Å². The molecule has 1 aliphatic carbocycles. The van der Waals surface area contributed by atoms with Gasteiger partial charge in [-0.1, -0.05) is 18.0 Å². The summed E-state index contributed by atoms with van der Waals surface area (Å²) in [5.74, 6) is 2.20. The summed E-state index contributed by atoms with van der Waals surface area (Å²) in [6.07, 6.45) is 4.86. The van der Waals surface area contributed by atoms with Crippen LogP contribution in [0.2, 0.25) is 5.02 Å². The predicted molar refractivity (Wildman–Crippen MR) is 96.7 cm³/mol. The molecule has 1 heterocycles. The van der Waals surface area contributed by atoms with Crippen molar-refractivity contribution in [1.29, 1.82) is 0 Å². The van der Waals surface area contributed by atoms with Gasteiger partial charge in [0.1, 0.15) is 5.75 Å². The summed E-state index contributed by atoms with van der Waals surface area (Å²) >= 11 is 6.12. The summed E-state index contributed by atoms with van der Waals surface area (Å²) in [4.78, 5) is 4.39. The molecule has 1 saturated carbocycles. The van der Waals surface area contributed by atoms with E-state index >= 15 is 0 Å². The molecule has 21 heavy (non-hydrogen) atoms. The number of nitrogens with two attached hydrogens (primary N) is 1. The highest BCUT2D eigenvalue weighted by Gasteiger charge is 2.18. The fourth-order valence-electron chi connectivity index (χ4n) is 2.64. The maximum absolute atomic E-state index is 6.12. The summed E-state index contributed by atoms with van der Waals surface area (Å²) in [6.45, 7) is 2.16. The third-order valence-corrected chi connectivity index (χ3v) is 4.26. The lowest BCUT2D eigenvalue weighted by Crippen LogP contribution is -2.37. The minimum Gasteiger partial charge on any atom is -0.493 e. The van der Waals surface area contributed by atoms with E-state index in [4.69, 9.17) is 22.1 Å². The second-order valence-electron chi connectivity index (χ2n) is 5.53. The zero-order valence-corrected chi connectivity index (χ0v) is 15.0. The Kier molecular flexibility index (Phi) is 5.98.